The van der Waals surface area contributed by atoms with Crippen LogP contribution in [0.4, 0.5) is 0 Å². The predicted molar refractivity (Wildman–Crippen MR) is 39.2 cm³/mol. The molecule has 0 aromatic carbocycles. The van der Waals surface area contributed by atoms with Crippen molar-refractivity contribution in [1.82, 2.24) is 10.6 Å². The van der Waals surface area contributed by atoms with Crippen molar-refractivity contribution in [3.8, 4) is 0 Å². The maximum Gasteiger partial charge on any atom is 0.242 e. The normalized spacial score (nSPS) is 37.6. The van der Waals surface area contributed by atoms with Gasteiger partial charge in [0.15, 0.2) is 0 Å². The molecule has 2 aliphatic heterocycles. The Bertz CT molecular complexity index is 175. The smallest absolute Gasteiger partial charge is 0.242 e. The van der Waals surface area contributed by atoms with Gasteiger partial charge in [0.25, 0.3) is 0 Å². The molecule has 0 aromatic rings. The third kappa shape index (κ3) is 1.02. The van der Waals surface area contributed by atoms with E-state index in [1.54, 1.807) is 0 Å². The van der Waals surface area contributed by atoms with Gasteiger partial charge in [0, 0.05) is 26.1 Å². The van der Waals surface area contributed by atoms with E-state index >= 15 is 0 Å². The number of carbonyl (C=O) groups excluding carboxylic acids is 1. The quantitative estimate of drug-likeness (QED) is 0.466. The molecule has 1 amide bonds. The third-order valence-electron chi connectivity index (χ3n) is 2.33. The van der Waals surface area contributed by atoms with Gasteiger partial charge >= 0.3 is 0 Å². The first-order chi connectivity index (χ1) is 5.33. The van der Waals surface area contributed by atoms with Crippen molar-refractivity contribution in [2.24, 2.45) is 0 Å². The summed E-state index contributed by atoms with van der Waals surface area (Å²) in [5.41, 5.74) is -0.391. The molecule has 2 fully saturated rings. The van der Waals surface area contributed by atoms with Crippen LogP contribution in [0, 0.1) is 0 Å². The second-order valence-corrected chi connectivity index (χ2v) is 3.07. The zero-order valence-corrected chi connectivity index (χ0v) is 6.35. The van der Waals surface area contributed by atoms with Crippen LogP contribution in [0.2, 0.25) is 0 Å². The van der Waals surface area contributed by atoms with Crippen LogP contribution < -0.4 is 10.6 Å². The van der Waals surface area contributed by atoms with Gasteiger partial charge in [-0.05, 0) is 0 Å². The zero-order chi connectivity index (χ0) is 7.73. The highest BCUT2D eigenvalue weighted by molar-refractivity contribution is 5.87. The van der Waals surface area contributed by atoms with Crippen LogP contribution in [-0.2, 0) is 9.53 Å². The fraction of sp³-hybridized carbons (Fsp3) is 0.857. The van der Waals surface area contributed by atoms with E-state index in [9.17, 15) is 4.79 Å². The van der Waals surface area contributed by atoms with Crippen LogP contribution in [0.5, 0.6) is 0 Å². The second-order valence-electron chi connectivity index (χ2n) is 3.07. The van der Waals surface area contributed by atoms with Crippen molar-refractivity contribution >= 4 is 5.91 Å². The van der Waals surface area contributed by atoms with Crippen molar-refractivity contribution in [3.05, 3.63) is 0 Å². The molecule has 2 rings (SSSR count). The summed E-state index contributed by atoms with van der Waals surface area (Å²) in [4.78, 5) is 11.4. The zero-order valence-electron chi connectivity index (χ0n) is 6.35. The molecule has 11 heavy (non-hydrogen) atoms. The molecule has 1 spiro atoms. The highest BCUT2D eigenvalue weighted by atomic mass is 16.5. The van der Waals surface area contributed by atoms with E-state index in [0.717, 1.165) is 19.5 Å². The summed E-state index contributed by atoms with van der Waals surface area (Å²) in [6.45, 7) is 2.81. The minimum absolute atomic E-state index is 0.0984. The molecular weight excluding hydrogens is 144 g/mol. The van der Waals surface area contributed by atoms with Crippen molar-refractivity contribution in [2.75, 3.05) is 26.3 Å². The molecule has 2 heterocycles. The monoisotopic (exact) mass is 156 g/mol. The molecule has 2 N–H and O–H groups in total. The van der Waals surface area contributed by atoms with Crippen molar-refractivity contribution < 1.29 is 9.53 Å². The molecule has 62 valence electrons. The summed E-state index contributed by atoms with van der Waals surface area (Å²) in [5.74, 6) is 0.0984. The molecule has 0 unspecified atom stereocenters. The van der Waals surface area contributed by atoms with Gasteiger partial charge in [-0.2, -0.15) is 0 Å². The summed E-state index contributed by atoms with van der Waals surface area (Å²) in [5, 5.41) is 6.04. The lowest BCUT2D eigenvalue weighted by molar-refractivity contribution is -0.129. The van der Waals surface area contributed by atoms with Crippen LogP contribution in [-0.4, -0.2) is 37.7 Å². The van der Waals surface area contributed by atoms with Gasteiger partial charge < -0.3 is 10.1 Å². The minimum atomic E-state index is -0.391. The summed E-state index contributed by atoms with van der Waals surface area (Å²) >= 11 is 0. The Morgan fingerprint density at radius 3 is 3.00 bits per heavy atom. The van der Waals surface area contributed by atoms with E-state index in [2.05, 4.69) is 10.6 Å². The largest absolute Gasteiger partial charge is 0.379 e. The molecular formula is C7H12N2O2. The number of hydrogen-bond acceptors (Lipinski definition) is 3. The van der Waals surface area contributed by atoms with Gasteiger partial charge in [-0.25, -0.2) is 0 Å². The molecule has 4 heteroatoms. The van der Waals surface area contributed by atoms with E-state index in [0.29, 0.717) is 13.2 Å². The maximum atomic E-state index is 11.4. The Morgan fingerprint density at radius 2 is 2.36 bits per heavy atom. The Balaban J connectivity index is 2.13. The Labute approximate surface area is 65.3 Å². The number of ether oxygens (including phenoxy) is 1. The summed E-state index contributed by atoms with van der Waals surface area (Å²) in [7, 11) is 0. The average Bonchev–Trinajstić information content (AvgIpc) is 2.46. The van der Waals surface area contributed by atoms with Gasteiger partial charge in [0.2, 0.25) is 5.91 Å². The van der Waals surface area contributed by atoms with E-state index in [1.807, 2.05) is 0 Å². The number of carbonyl (C=O) groups is 1. The fourth-order valence-corrected chi connectivity index (χ4v) is 1.61. The molecule has 0 aromatic heterocycles. The Morgan fingerprint density at radius 1 is 1.45 bits per heavy atom. The molecule has 0 saturated carbocycles. The average molecular weight is 156 g/mol. The molecule has 0 radical (unpaired) electrons. The first-order valence-electron chi connectivity index (χ1n) is 3.95. The molecule has 0 aliphatic carbocycles. The fourth-order valence-electron chi connectivity index (χ4n) is 1.61. The summed E-state index contributed by atoms with van der Waals surface area (Å²) < 4.78 is 5.18. The van der Waals surface area contributed by atoms with Gasteiger partial charge in [0.1, 0.15) is 5.54 Å². The highest BCUT2D eigenvalue weighted by Crippen LogP contribution is 2.19. The molecule has 2 saturated heterocycles. The number of amides is 1. The molecule has 4 nitrogen and oxygen atoms in total. The number of rotatable bonds is 0. The summed E-state index contributed by atoms with van der Waals surface area (Å²) in [6, 6.07) is 0. The molecule has 2 aliphatic rings. The SMILES string of the molecule is O=C1NCCN[C@@]12CCOC2. The van der Waals surface area contributed by atoms with E-state index in [1.165, 1.54) is 0 Å². The standard InChI is InChI=1S/C7H12N2O2/c10-6-7(1-4-11-5-7)9-3-2-8-6/h9H,1-5H2,(H,8,10)/t7-/m1/s1. The first-order valence-corrected chi connectivity index (χ1v) is 3.95. The molecule has 1 atom stereocenters. The highest BCUT2D eigenvalue weighted by Gasteiger charge is 2.43. The minimum Gasteiger partial charge on any atom is -0.379 e. The Hall–Kier alpha value is -0.610. The van der Waals surface area contributed by atoms with Gasteiger partial charge in [0.05, 0.1) is 6.61 Å². The van der Waals surface area contributed by atoms with Gasteiger partial charge in [-0.15, -0.1) is 0 Å². The van der Waals surface area contributed by atoms with Crippen molar-refractivity contribution in [1.29, 1.82) is 0 Å². The predicted octanol–water partition coefficient (Wildman–Crippen LogP) is -1.14. The van der Waals surface area contributed by atoms with Gasteiger partial charge in [-0.1, -0.05) is 0 Å². The van der Waals surface area contributed by atoms with Crippen LogP contribution >= 0.6 is 0 Å². The second kappa shape index (κ2) is 2.46. The van der Waals surface area contributed by atoms with Gasteiger partial charge in [-0.3, -0.25) is 10.1 Å². The molecule has 0 bridgehead atoms. The lowest BCUT2D eigenvalue weighted by Gasteiger charge is -2.31. The number of piperazine rings is 1. The first kappa shape index (κ1) is 7.06. The van der Waals surface area contributed by atoms with Crippen LogP contribution in [0.1, 0.15) is 6.42 Å². The van der Waals surface area contributed by atoms with E-state index in [-0.39, 0.29) is 5.91 Å². The summed E-state index contributed by atoms with van der Waals surface area (Å²) in [6.07, 6.45) is 0.804. The van der Waals surface area contributed by atoms with Crippen LogP contribution in [0.15, 0.2) is 0 Å². The van der Waals surface area contributed by atoms with Crippen LogP contribution in [0.3, 0.4) is 0 Å². The van der Waals surface area contributed by atoms with Crippen molar-refractivity contribution in [3.63, 3.8) is 0 Å². The Kier molecular flexibility index (Phi) is 1.58. The topological polar surface area (TPSA) is 50.4 Å². The number of nitrogens with one attached hydrogen (secondary N) is 2. The maximum absolute atomic E-state index is 11.4. The lowest BCUT2D eigenvalue weighted by Crippen LogP contribution is -2.63. The number of hydrogen-bond donors (Lipinski definition) is 2. The third-order valence-corrected chi connectivity index (χ3v) is 2.33. The van der Waals surface area contributed by atoms with E-state index < -0.39 is 5.54 Å². The van der Waals surface area contributed by atoms with E-state index in [4.69, 9.17) is 4.74 Å². The lowest BCUT2D eigenvalue weighted by atomic mass is 9.96. The van der Waals surface area contributed by atoms with Crippen molar-refractivity contribution in [2.45, 2.75) is 12.0 Å². The van der Waals surface area contributed by atoms with Crippen LogP contribution in [0.25, 0.3) is 0 Å².